The van der Waals surface area contributed by atoms with Crippen molar-refractivity contribution in [1.29, 1.82) is 0 Å². The van der Waals surface area contributed by atoms with Crippen molar-refractivity contribution in [3.05, 3.63) is 29.8 Å². The summed E-state index contributed by atoms with van der Waals surface area (Å²) < 4.78 is 0. The second-order valence-electron chi connectivity index (χ2n) is 4.99. The average molecular weight is 295 g/mol. The van der Waals surface area contributed by atoms with Gasteiger partial charge >= 0.3 is 5.97 Å². The first-order valence-corrected chi connectivity index (χ1v) is 7.95. The number of anilines is 1. The fourth-order valence-corrected chi connectivity index (χ4v) is 2.41. The summed E-state index contributed by atoms with van der Waals surface area (Å²) in [6.45, 7) is 3.58. The van der Waals surface area contributed by atoms with E-state index in [1.807, 2.05) is 37.4 Å². The van der Waals surface area contributed by atoms with E-state index in [1.165, 1.54) is 0 Å². The lowest BCUT2D eigenvalue weighted by Gasteiger charge is -2.12. The number of amides is 1. The number of carbonyl (C=O) groups is 2. The Morgan fingerprint density at radius 2 is 1.80 bits per heavy atom. The zero-order valence-corrected chi connectivity index (χ0v) is 12.9. The third-order valence-corrected chi connectivity index (χ3v) is 3.88. The molecule has 0 aliphatic heterocycles. The molecule has 0 saturated carbocycles. The summed E-state index contributed by atoms with van der Waals surface area (Å²) in [5, 5.41) is 11.7. The number of aliphatic carboxylic acids is 1. The molecule has 4 nitrogen and oxygen atoms in total. The van der Waals surface area contributed by atoms with Crippen LogP contribution in [0, 0.1) is 11.8 Å². The fourth-order valence-electron chi connectivity index (χ4n) is 1.76. The molecule has 0 aliphatic carbocycles. The largest absolute Gasteiger partial charge is 0.481 e. The minimum Gasteiger partial charge on any atom is -0.481 e. The molecular formula is C15H21NO3S. The summed E-state index contributed by atoms with van der Waals surface area (Å²) in [7, 11) is 0. The van der Waals surface area contributed by atoms with Crippen LogP contribution in [-0.2, 0) is 16.0 Å². The van der Waals surface area contributed by atoms with E-state index >= 15 is 0 Å². The Morgan fingerprint density at radius 3 is 2.30 bits per heavy atom. The highest BCUT2D eigenvalue weighted by molar-refractivity contribution is 7.98. The van der Waals surface area contributed by atoms with E-state index in [-0.39, 0.29) is 11.8 Å². The molecule has 0 saturated heterocycles. The van der Waals surface area contributed by atoms with Crippen molar-refractivity contribution < 1.29 is 14.7 Å². The van der Waals surface area contributed by atoms with Crippen molar-refractivity contribution in [3.8, 4) is 0 Å². The van der Waals surface area contributed by atoms with Crippen LogP contribution in [-0.4, -0.2) is 29.0 Å². The molecule has 2 atom stereocenters. The molecule has 0 fully saturated rings. The van der Waals surface area contributed by atoms with E-state index in [1.54, 1.807) is 18.7 Å². The van der Waals surface area contributed by atoms with Crippen molar-refractivity contribution in [2.24, 2.45) is 11.8 Å². The van der Waals surface area contributed by atoms with Crippen LogP contribution >= 0.6 is 11.8 Å². The topological polar surface area (TPSA) is 66.4 Å². The smallest absolute Gasteiger partial charge is 0.306 e. The Labute approximate surface area is 124 Å². The van der Waals surface area contributed by atoms with E-state index in [9.17, 15) is 9.59 Å². The van der Waals surface area contributed by atoms with Crippen molar-refractivity contribution in [2.45, 2.75) is 20.3 Å². The SMILES string of the molecule is CSCC(C)C(=O)Nc1ccc(CC(C)C(=O)O)cc1. The van der Waals surface area contributed by atoms with Gasteiger partial charge in [-0.05, 0) is 30.4 Å². The van der Waals surface area contributed by atoms with Gasteiger partial charge < -0.3 is 10.4 Å². The quantitative estimate of drug-likeness (QED) is 0.811. The molecule has 0 spiro atoms. The van der Waals surface area contributed by atoms with Crippen molar-refractivity contribution in [1.82, 2.24) is 0 Å². The predicted octanol–water partition coefficient (Wildman–Crippen LogP) is 2.89. The molecule has 110 valence electrons. The van der Waals surface area contributed by atoms with Gasteiger partial charge in [0.1, 0.15) is 0 Å². The van der Waals surface area contributed by atoms with Gasteiger partial charge in [-0.3, -0.25) is 9.59 Å². The third-order valence-electron chi connectivity index (χ3n) is 3.05. The van der Waals surface area contributed by atoms with E-state index in [0.29, 0.717) is 6.42 Å². The Morgan fingerprint density at radius 1 is 1.20 bits per heavy atom. The molecular weight excluding hydrogens is 274 g/mol. The van der Waals surface area contributed by atoms with Gasteiger partial charge in [-0.15, -0.1) is 0 Å². The van der Waals surface area contributed by atoms with Crippen LogP contribution in [0.2, 0.25) is 0 Å². The number of rotatable bonds is 7. The first-order chi connectivity index (χ1) is 9.43. The molecule has 2 N–H and O–H groups in total. The lowest BCUT2D eigenvalue weighted by Crippen LogP contribution is -2.22. The molecule has 0 heterocycles. The highest BCUT2D eigenvalue weighted by atomic mass is 32.2. The summed E-state index contributed by atoms with van der Waals surface area (Å²) in [5.74, 6) is -0.437. The van der Waals surface area contributed by atoms with Crippen LogP contribution in [0.15, 0.2) is 24.3 Å². The first-order valence-electron chi connectivity index (χ1n) is 6.55. The minimum atomic E-state index is -0.798. The van der Waals surface area contributed by atoms with Gasteiger partial charge in [-0.25, -0.2) is 0 Å². The molecule has 0 aliphatic rings. The number of benzene rings is 1. The molecule has 1 aromatic carbocycles. The second kappa shape index (κ2) is 7.94. The number of thioether (sulfide) groups is 1. The number of carboxylic acids is 1. The van der Waals surface area contributed by atoms with Gasteiger partial charge in [-0.2, -0.15) is 11.8 Å². The highest BCUT2D eigenvalue weighted by Gasteiger charge is 2.13. The highest BCUT2D eigenvalue weighted by Crippen LogP contribution is 2.15. The molecule has 20 heavy (non-hydrogen) atoms. The van der Waals surface area contributed by atoms with Crippen molar-refractivity contribution in [3.63, 3.8) is 0 Å². The molecule has 2 unspecified atom stereocenters. The summed E-state index contributed by atoms with van der Waals surface area (Å²) in [5.41, 5.74) is 1.70. The van der Waals surface area contributed by atoms with Crippen molar-refractivity contribution >= 4 is 29.3 Å². The maximum Gasteiger partial charge on any atom is 0.306 e. The molecule has 1 aromatic rings. The Bertz CT molecular complexity index is 459. The zero-order valence-electron chi connectivity index (χ0n) is 12.1. The fraction of sp³-hybridized carbons (Fsp3) is 0.467. The summed E-state index contributed by atoms with van der Waals surface area (Å²) in [4.78, 5) is 22.6. The van der Waals surface area contributed by atoms with Crippen LogP contribution in [0.1, 0.15) is 19.4 Å². The van der Waals surface area contributed by atoms with Crippen molar-refractivity contribution in [2.75, 3.05) is 17.3 Å². The second-order valence-corrected chi connectivity index (χ2v) is 5.90. The Balaban J connectivity index is 2.58. The third kappa shape index (κ3) is 5.25. The minimum absolute atomic E-state index is 0.00556. The maximum absolute atomic E-state index is 11.9. The molecule has 0 radical (unpaired) electrons. The van der Waals surface area contributed by atoms with E-state index in [4.69, 9.17) is 5.11 Å². The van der Waals surface area contributed by atoms with E-state index < -0.39 is 11.9 Å². The molecule has 1 rings (SSSR count). The normalized spacial score (nSPS) is 13.6. The van der Waals surface area contributed by atoms with Crippen LogP contribution < -0.4 is 5.32 Å². The van der Waals surface area contributed by atoms with Crippen LogP contribution in [0.25, 0.3) is 0 Å². The first kappa shape index (κ1) is 16.6. The summed E-state index contributed by atoms with van der Waals surface area (Å²) in [6, 6.07) is 7.34. The van der Waals surface area contributed by atoms with Crippen LogP contribution in [0.4, 0.5) is 5.69 Å². The monoisotopic (exact) mass is 295 g/mol. The molecule has 0 bridgehead atoms. The number of hydrogen-bond donors (Lipinski definition) is 2. The molecule has 0 aromatic heterocycles. The maximum atomic E-state index is 11.9. The van der Waals surface area contributed by atoms with Gasteiger partial charge in [0.25, 0.3) is 0 Å². The summed E-state index contributed by atoms with van der Waals surface area (Å²) >= 11 is 1.64. The molecule has 5 heteroatoms. The Kier molecular flexibility index (Phi) is 6.58. The van der Waals surface area contributed by atoms with Gasteiger partial charge in [-0.1, -0.05) is 26.0 Å². The average Bonchev–Trinajstić information content (AvgIpc) is 2.41. The van der Waals surface area contributed by atoms with E-state index in [0.717, 1.165) is 17.0 Å². The van der Waals surface area contributed by atoms with Gasteiger partial charge in [0.15, 0.2) is 0 Å². The number of carboxylic acid groups (broad SMARTS) is 1. The lowest BCUT2D eigenvalue weighted by atomic mass is 10.0. The Hall–Kier alpha value is -1.49. The van der Waals surface area contributed by atoms with Crippen LogP contribution in [0.3, 0.4) is 0 Å². The van der Waals surface area contributed by atoms with Gasteiger partial charge in [0, 0.05) is 17.4 Å². The van der Waals surface area contributed by atoms with E-state index in [2.05, 4.69) is 5.32 Å². The number of nitrogens with one attached hydrogen (secondary N) is 1. The predicted molar refractivity (Wildman–Crippen MR) is 83.1 cm³/mol. The van der Waals surface area contributed by atoms with Crippen LogP contribution in [0.5, 0.6) is 0 Å². The number of hydrogen-bond acceptors (Lipinski definition) is 3. The lowest BCUT2D eigenvalue weighted by molar-refractivity contribution is -0.141. The van der Waals surface area contributed by atoms with Gasteiger partial charge in [0.2, 0.25) is 5.91 Å². The standard InChI is InChI=1S/C15H21NO3S/c1-10(15(18)19)8-12-4-6-13(7-5-12)16-14(17)11(2)9-20-3/h4-7,10-11H,8-9H2,1-3H3,(H,16,17)(H,18,19). The molecule has 1 amide bonds. The van der Waals surface area contributed by atoms with Gasteiger partial charge in [0.05, 0.1) is 5.92 Å². The zero-order chi connectivity index (χ0) is 15.1. The summed E-state index contributed by atoms with van der Waals surface area (Å²) in [6.07, 6.45) is 2.47. The number of carbonyl (C=O) groups excluding carboxylic acids is 1.